The summed E-state index contributed by atoms with van der Waals surface area (Å²) in [7, 11) is -3.85. The predicted molar refractivity (Wildman–Crippen MR) is 135 cm³/mol. The number of nitrogens with one attached hydrogen (secondary N) is 4. The van der Waals surface area contributed by atoms with Gasteiger partial charge in [0.2, 0.25) is 10.0 Å². The van der Waals surface area contributed by atoms with Gasteiger partial charge in [-0.2, -0.15) is 13.2 Å². The lowest BCUT2D eigenvalue weighted by atomic mass is 10.1. The molecule has 0 fully saturated rings. The first-order valence-electron chi connectivity index (χ1n) is 9.94. The average Bonchev–Trinajstić information content (AvgIpc) is 2.83. The molecule has 1 amide bonds. The zero-order valence-electron chi connectivity index (χ0n) is 18.0. The lowest BCUT2D eigenvalue weighted by Crippen LogP contribution is -2.44. The first-order chi connectivity index (χ1) is 16.9. The van der Waals surface area contributed by atoms with Gasteiger partial charge in [0.15, 0.2) is 5.11 Å². The van der Waals surface area contributed by atoms with Crippen molar-refractivity contribution in [3.8, 4) is 0 Å². The van der Waals surface area contributed by atoms with E-state index in [1.54, 1.807) is 0 Å². The van der Waals surface area contributed by atoms with Gasteiger partial charge in [0.25, 0.3) is 5.91 Å². The van der Waals surface area contributed by atoms with Gasteiger partial charge in [0.05, 0.1) is 26.2 Å². The molecule has 0 bridgehead atoms. The molecule has 190 valence electrons. The monoisotopic (exact) mass is 576 g/mol. The van der Waals surface area contributed by atoms with Crippen LogP contribution in [0.3, 0.4) is 0 Å². The van der Waals surface area contributed by atoms with Crippen LogP contribution in [0.1, 0.15) is 21.5 Å². The van der Waals surface area contributed by atoms with Gasteiger partial charge < -0.3 is 5.32 Å². The molecule has 0 atom stereocenters. The van der Waals surface area contributed by atoms with Crippen LogP contribution in [0.2, 0.25) is 10.0 Å². The van der Waals surface area contributed by atoms with Crippen molar-refractivity contribution in [2.45, 2.75) is 17.6 Å². The Hall–Kier alpha value is -2.90. The van der Waals surface area contributed by atoms with E-state index in [9.17, 15) is 26.4 Å². The highest BCUT2D eigenvalue weighted by molar-refractivity contribution is 7.89. The van der Waals surface area contributed by atoms with E-state index in [0.717, 1.165) is 6.07 Å². The fourth-order valence-corrected chi connectivity index (χ4v) is 4.43. The minimum absolute atomic E-state index is 0.0543. The third-order valence-corrected chi connectivity index (χ3v) is 7.00. The number of hydrazine groups is 1. The third kappa shape index (κ3) is 7.31. The Morgan fingerprint density at radius 2 is 1.58 bits per heavy atom. The summed E-state index contributed by atoms with van der Waals surface area (Å²) in [6.07, 6.45) is -4.58. The number of para-hydroxylation sites is 1. The van der Waals surface area contributed by atoms with Crippen molar-refractivity contribution in [3.05, 3.63) is 93.5 Å². The standard InChI is InChI=1S/C22H17Cl2F3N4O3S2/c23-17-10-9-15(11-18(17)24)36(33,34)28-12-13-5-7-14(8-6-13)20(32)30-31-21(35)29-19-4-2-1-3-16(19)22(25,26)27/h1-11,28H,12H2,(H,30,32)(H2,29,31,35). The quantitative estimate of drug-likeness (QED) is 0.240. The molecule has 7 nitrogen and oxygen atoms in total. The number of amides is 1. The Labute approximate surface area is 220 Å². The van der Waals surface area contributed by atoms with E-state index in [4.69, 9.17) is 35.4 Å². The van der Waals surface area contributed by atoms with Gasteiger partial charge in [-0.25, -0.2) is 13.1 Å². The molecule has 4 N–H and O–H groups in total. The zero-order valence-corrected chi connectivity index (χ0v) is 21.1. The van der Waals surface area contributed by atoms with Gasteiger partial charge in [0.1, 0.15) is 0 Å². The molecule has 0 heterocycles. The van der Waals surface area contributed by atoms with E-state index >= 15 is 0 Å². The van der Waals surface area contributed by atoms with Crippen LogP contribution in [0.15, 0.2) is 71.6 Å². The molecule has 3 aromatic carbocycles. The fourth-order valence-electron chi connectivity index (χ4n) is 2.86. The van der Waals surface area contributed by atoms with Gasteiger partial charge in [-0.15, -0.1) is 0 Å². The Morgan fingerprint density at radius 3 is 2.22 bits per heavy atom. The Morgan fingerprint density at radius 1 is 0.917 bits per heavy atom. The molecule has 0 aliphatic heterocycles. The summed E-state index contributed by atoms with van der Waals surface area (Å²) in [6.45, 7) is -0.0602. The van der Waals surface area contributed by atoms with Gasteiger partial charge in [-0.1, -0.05) is 47.5 Å². The second kappa shape index (κ2) is 11.4. The van der Waals surface area contributed by atoms with Crippen LogP contribution in [0.25, 0.3) is 0 Å². The molecule has 0 aliphatic carbocycles. The number of rotatable bonds is 6. The first-order valence-corrected chi connectivity index (χ1v) is 12.6. The molecule has 0 radical (unpaired) electrons. The van der Waals surface area contributed by atoms with E-state index in [1.165, 1.54) is 60.7 Å². The number of halogens is 5. The Balaban J connectivity index is 1.54. The number of benzene rings is 3. The van der Waals surface area contributed by atoms with Crippen LogP contribution >= 0.6 is 35.4 Å². The number of anilines is 1. The van der Waals surface area contributed by atoms with Crippen molar-refractivity contribution in [3.63, 3.8) is 0 Å². The highest BCUT2D eigenvalue weighted by Gasteiger charge is 2.33. The number of carbonyl (C=O) groups is 1. The number of hydrogen-bond donors (Lipinski definition) is 4. The molecular weight excluding hydrogens is 560 g/mol. The van der Waals surface area contributed by atoms with E-state index < -0.39 is 27.7 Å². The van der Waals surface area contributed by atoms with Gasteiger partial charge in [-0.3, -0.25) is 15.6 Å². The van der Waals surface area contributed by atoms with Crippen molar-refractivity contribution in [2.75, 3.05) is 5.32 Å². The van der Waals surface area contributed by atoms with Crippen molar-refractivity contribution in [1.82, 2.24) is 15.6 Å². The summed E-state index contributed by atoms with van der Waals surface area (Å²) in [5.74, 6) is -0.619. The largest absolute Gasteiger partial charge is 0.418 e. The Kier molecular flexibility index (Phi) is 8.80. The van der Waals surface area contributed by atoms with Gasteiger partial charge in [0, 0.05) is 12.1 Å². The van der Waals surface area contributed by atoms with E-state index in [-0.39, 0.29) is 37.8 Å². The van der Waals surface area contributed by atoms with Crippen LogP contribution in [0.4, 0.5) is 18.9 Å². The molecule has 36 heavy (non-hydrogen) atoms. The smallest absolute Gasteiger partial charge is 0.331 e. The number of carbonyl (C=O) groups excluding carboxylic acids is 1. The lowest BCUT2D eigenvalue weighted by Gasteiger charge is -2.16. The van der Waals surface area contributed by atoms with Gasteiger partial charge in [-0.05, 0) is 60.2 Å². The number of hydrogen-bond acceptors (Lipinski definition) is 4. The zero-order chi connectivity index (χ0) is 26.5. The second-order valence-electron chi connectivity index (χ2n) is 7.17. The van der Waals surface area contributed by atoms with E-state index in [1.807, 2.05) is 0 Å². The molecule has 0 aliphatic rings. The molecule has 0 saturated carbocycles. The summed E-state index contributed by atoms with van der Waals surface area (Å²) in [5.41, 5.74) is 4.18. The highest BCUT2D eigenvalue weighted by atomic mass is 35.5. The van der Waals surface area contributed by atoms with E-state index in [2.05, 4.69) is 20.9 Å². The van der Waals surface area contributed by atoms with Crippen LogP contribution in [0, 0.1) is 0 Å². The number of sulfonamides is 1. The Bertz CT molecular complexity index is 1390. The van der Waals surface area contributed by atoms with Gasteiger partial charge >= 0.3 is 6.18 Å². The van der Waals surface area contributed by atoms with Crippen molar-refractivity contribution in [2.24, 2.45) is 0 Å². The molecule has 0 unspecified atom stereocenters. The predicted octanol–water partition coefficient (Wildman–Crippen LogP) is 5.12. The third-order valence-electron chi connectivity index (χ3n) is 4.65. The highest BCUT2D eigenvalue weighted by Crippen LogP contribution is 2.34. The number of alkyl halides is 3. The maximum atomic E-state index is 13.1. The minimum atomic E-state index is -4.58. The molecule has 0 saturated heterocycles. The summed E-state index contributed by atoms with van der Waals surface area (Å²) in [6, 6.07) is 14.6. The maximum absolute atomic E-state index is 13.1. The second-order valence-corrected chi connectivity index (χ2v) is 10.2. The molecule has 0 aromatic heterocycles. The van der Waals surface area contributed by atoms with Crippen molar-refractivity contribution in [1.29, 1.82) is 0 Å². The summed E-state index contributed by atoms with van der Waals surface area (Å²) >= 11 is 16.6. The summed E-state index contributed by atoms with van der Waals surface area (Å²) in [5, 5.41) is 2.46. The normalized spacial score (nSPS) is 11.6. The molecule has 3 aromatic rings. The summed E-state index contributed by atoms with van der Waals surface area (Å²) in [4.78, 5) is 12.3. The van der Waals surface area contributed by atoms with E-state index in [0.29, 0.717) is 5.56 Å². The SMILES string of the molecule is O=C(NNC(=S)Nc1ccccc1C(F)(F)F)c1ccc(CNS(=O)(=O)c2ccc(Cl)c(Cl)c2)cc1. The number of thiocarbonyl (C=S) groups is 1. The molecular formula is C22H17Cl2F3N4O3S2. The van der Waals surface area contributed by atoms with Crippen molar-refractivity contribution >= 4 is 62.2 Å². The van der Waals surface area contributed by atoms with Crippen LogP contribution < -0.4 is 20.9 Å². The maximum Gasteiger partial charge on any atom is 0.418 e. The van der Waals surface area contributed by atoms with Crippen molar-refractivity contribution < 1.29 is 26.4 Å². The van der Waals surface area contributed by atoms with Crippen LogP contribution in [-0.2, 0) is 22.7 Å². The lowest BCUT2D eigenvalue weighted by molar-refractivity contribution is -0.136. The topological polar surface area (TPSA) is 99.3 Å². The molecule has 0 spiro atoms. The van der Waals surface area contributed by atoms with Crippen LogP contribution in [-0.4, -0.2) is 19.4 Å². The first kappa shape index (κ1) is 27.7. The minimum Gasteiger partial charge on any atom is -0.331 e. The fraction of sp³-hybridized carbons (Fsp3) is 0.0909. The molecule has 14 heteroatoms. The average molecular weight is 577 g/mol. The van der Waals surface area contributed by atoms with Crippen LogP contribution in [0.5, 0.6) is 0 Å². The molecule has 3 rings (SSSR count). The summed E-state index contributed by atoms with van der Waals surface area (Å²) < 4.78 is 66.5.